The van der Waals surface area contributed by atoms with Crippen LogP contribution in [0.25, 0.3) is 5.70 Å². The normalized spacial score (nSPS) is 9.53. The molecule has 2 heteroatoms. The lowest BCUT2D eigenvalue weighted by Gasteiger charge is -2.21. The summed E-state index contributed by atoms with van der Waals surface area (Å²) >= 11 is 0. The second-order valence-corrected chi connectivity index (χ2v) is 3.47. The van der Waals surface area contributed by atoms with Crippen molar-refractivity contribution < 1.29 is 4.74 Å². The lowest BCUT2D eigenvalue weighted by molar-refractivity contribution is 0.414. The highest BCUT2D eigenvalue weighted by atomic mass is 16.5. The van der Waals surface area contributed by atoms with Gasteiger partial charge < -0.3 is 9.64 Å². The first-order valence-electron chi connectivity index (χ1n) is 4.79. The van der Waals surface area contributed by atoms with Crippen LogP contribution in [-0.4, -0.2) is 19.1 Å². The average molecular weight is 203 g/mol. The van der Waals surface area contributed by atoms with E-state index < -0.39 is 0 Å². The fourth-order valence-corrected chi connectivity index (χ4v) is 1.23. The summed E-state index contributed by atoms with van der Waals surface area (Å²) in [6.45, 7) is 9.86. The number of hydrogen-bond acceptors (Lipinski definition) is 2. The van der Waals surface area contributed by atoms with E-state index in [9.17, 15) is 0 Å². The van der Waals surface area contributed by atoms with Crippen molar-refractivity contribution in [2.24, 2.45) is 0 Å². The molecule has 1 aromatic carbocycles. The van der Waals surface area contributed by atoms with Crippen LogP contribution >= 0.6 is 0 Å². The van der Waals surface area contributed by atoms with Crippen molar-refractivity contribution in [3.05, 3.63) is 48.7 Å². The molecule has 0 atom stereocenters. The summed E-state index contributed by atoms with van der Waals surface area (Å²) in [5.74, 6) is 0.837. The number of rotatable bonds is 4. The molecule has 0 aliphatic rings. The van der Waals surface area contributed by atoms with Crippen LogP contribution in [0.3, 0.4) is 0 Å². The molecule has 0 heterocycles. The first kappa shape index (κ1) is 11.4. The zero-order valence-corrected chi connectivity index (χ0v) is 9.58. The summed E-state index contributed by atoms with van der Waals surface area (Å²) in [6, 6.07) is 7.83. The van der Waals surface area contributed by atoms with Crippen LogP contribution in [0.15, 0.2) is 43.1 Å². The quantitative estimate of drug-likeness (QED) is 0.745. The summed E-state index contributed by atoms with van der Waals surface area (Å²) < 4.78 is 5.16. The number of allylic oxidation sites excluding steroid dienone is 1. The molecule has 1 rings (SSSR count). The van der Waals surface area contributed by atoms with Gasteiger partial charge in [0.05, 0.1) is 7.11 Å². The molecule has 15 heavy (non-hydrogen) atoms. The molecule has 0 aliphatic carbocycles. The van der Waals surface area contributed by atoms with E-state index in [0.29, 0.717) is 0 Å². The van der Waals surface area contributed by atoms with Crippen LogP contribution in [0.2, 0.25) is 0 Å². The molecule has 2 nitrogen and oxygen atoms in total. The van der Waals surface area contributed by atoms with E-state index in [0.717, 1.165) is 22.7 Å². The largest absolute Gasteiger partial charge is 0.497 e. The van der Waals surface area contributed by atoms with E-state index in [1.54, 1.807) is 7.11 Å². The summed E-state index contributed by atoms with van der Waals surface area (Å²) in [6.07, 6.45) is 0. The summed E-state index contributed by atoms with van der Waals surface area (Å²) in [4.78, 5) is 1.95. The number of nitrogens with zero attached hydrogens (tertiary/aromatic N) is 1. The molecule has 0 aliphatic heterocycles. The van der Waals surface area contributed by atoms with Gasteiger partial charge in [-0.25, -0.2) is 0 Å². The molecule has 0 bridgehead atoms. The Morgan fingerprint density at radius 3 is 2.53 bits per heavy atom. The van der Waals surface area contributed by atoms with E-state index in [-0.39, 0.29) is 0 Å². The second kappa shape index (κ2) is 4.69. The summed E-state index contributed by atoms with van der Waals surface area (Å²) in [5.41, 5.74) is 2.92. The molecule has 1 aromatic rings. The molecule has 0 radical (unpaired) electrons. The first-order chi connectivity index (χ1) is 7.06. The number of hydrogen-bond donors (Lipinski definition) is 0. The predicted molar refractivity (Wildman–Crippen MR) is 64.6 cm³/mol. The highest BCUT2D eigenvalue weighted by Crippen LogP contribution is 2.22. The molecule has 80 valence electrons. The molecule has 0 amide bonds. The molecule has 0 N–H and O–H groups in total. The van der Waals surface area contributed by atoms with Crippen molar-refractivity contribution in [1.82, 2.24) is 4.90 Å². The first-order valence-corrected chi connectivity index (χ1v) is 4.79. The van der Waals surface area contributed by atoms with Crippen LogP contribution in [0.4, 0.5) is 0 Å². The van der Waals surface area contributed by atoms with Crippen LogP contribution in [0.5, 0.6) is 5.75 Å². The zero-order valence-electron chi connectivity index (χ0n) is 9.58. The van der Waals surface area contributed by atoms with Crippen molar-refractivity contribution in [2.75, 3.05) is 14.2 Å². The van der Waals surface area contributed by atoms with Gasteiger partial charge in [0.25, 0.3) is 0 Å². The van der Waals surface area contributed by atoms with Gasteiger partial charge >= 0.3 is 0 Å². The maximum atomic E-state index is 5.16. The molecule has 0 saturated heterocycles. The number of ether oxygens (including phenoxy) is 1. The minimum atomic E-state index is 0.837. The second-order valence-electron chi connectivity index (χ2n) is 3.47. The van der Waals surface area contributed by atoms with Crippen LogP contribution < -0.4 is 4.74 Å². The third-order valence-electron chi connectivity index (χ3n) is 2.38. The van der Waals surface area contributed by atoms with Crippen molar-refractivity contribution in [3.8, 4) is 5.75 Å². The van der Waals surface area contributed by atoms with E-state index in [1.165, 1.54) is 0 Å². The maximum Gasteiger partial charge on any atom is 0.119 e. The van der Waals surface area contributed by atoms with Gasteiger partial charge in [-0.3, -0.25) is 0 Å². The monoisotopic (exact) mass is 203 g/mol. The number of methoxy groups -OCH3 is 1. The van der Waals surface area contributed by atoms with Gasteiger partial charge in [0, 0.05) is 24.0 Å². The van der Waals surface area contributed by atoms with Gasteiger partial charge in [0.15, 0.2) is 0 Å². The fraction of sp³-hybridized carbons (Fsp3) is 0.231. The van der Waals surface area contributed by atoms with Crippen LogP contribution in [0.1, 0.15) is 12.5 Å². The van der Waals surface area contributed by atoms with Crippen LogP contribution in [0, 0.1) is 0 Å². The Bertz CT molecular complexity index is 382. The van der Waals surface area contributed by atoms with Crippen LogP contribution in [-0.2, 0) is 0 Å². The predicted octanol–water partition coefficient (Wildman–Crippen LogP) is 3.13. The lowest BCUT2D eigenvalue weighted by atomic mass is 10.1. The third kappa shape index (κ3) is 2.62. The Labute approximate surface area is 91.5 Å². The van der Waals surface area contributed by atoms with Crippen molar-refractivity contribution in [2.45, 2.75) is 6.92 Å². The van der Waals surface area contributed by atoms with E-state index >= 15 is 0 Å². The van der Waals surface area contributed by atoms with Gasteiger partial charge in [-0.05, 0) is 19.1 Å². The van der Waals surface area contributed by atoms with E-state index in [4.69, 9.17) is 4.74 Å². The molecular weight excluding hydrogens is 186 g/mol. The zero-order chi connectivity index (χ0) is 11.4. The summed E-state index contributed by atoms with van der Waals surface area (Å²) in [5, 5.41) is 0. The Morgan fingerprint density at radius 2 is 2.00 bits per heavy atom. The van der Waals surface area contributed by atoms with E-state index in [1.807, 2.05) is 43.1 Å². The molecule has 0 unspecified atom stereocenters. The highest BCUT2D eigenvalue weighted by Gasteiger charge is 2.05. The van der Waals surface area contributed by atoms with Crippen molar-refractivity contribution in [3.63, 3.8) is 0 Å². The van der Waals surface area contributed by atoms with Gasteiger partial charge in [0.1, 0.15) is 5.75 Å². The Morgan fingerprint density at radius 1 is 1.33 bits per heavy atom. The molecule has 0 saturated carbocycles. The molecule has 0 spiro atoms. The topological polar surface area (TPSA) is 12.5 Å². The van der Waals surface area contributed by atoms with Crippen molar-refractivity contribution in [1.29, 1.82) is 0 Å². The highest BCUT2D eigenvalue weighted by molar-refractivity contribution is 5.64. The third-order valence-corrected chi connectivity index (χ3v) is 2.38. The molecule has 0 aromatic heterocycles. The van der Waals surface area contributed by atoms with Crippen molar-refractivity contribution >= 4 is 5.70 Å². The SMILES string of the molecule is C=C(C)N(C)C(=C)c1cccc(OC)c1. The van der Waals surface area contributed by atoms with Gasteiger partial charge in [-0.1, -0.05) is 25.3 Å². The standard InChI is InChI=1S/C13H17NO/c1-10(2)14(4)11(3)12-7-6-8-13(9-12)15-5/h6-9H,1,3H2,2,4-5H3. The molecular formula is C13H17NO. The number of benzene rings is 1. The Balaban J connectivity index is 2.96. The van der Waals surface area contributed by atoms with Gasteiger partial charge in [-0.2, -0.15) is 0 Å². The van der Waals surface area contributed by atoms with Gasteiger partial charge in [0.2, 0.25) is 0 Å². The smallest absolute Gasteiger partial charge is 0.119 e. The minimum Gasteiger partial charge on any atom is -0.497 e. The lowest BCUT2D eigenvalue weighted by Crippen LogP contribution is -2.12. The van der Waals surface area contributed by atoms with Gasteiger partial charge in [-0.15, -0.1) is 0 Å². The maximum absolute atomic E-state index is 5.16. The summed E-state index contributed by atoms with van der Waals surface area (Å²) in [7, 11) is 3.61. The molecule has 0 fully saturated rings. The average Bonchev–Trinajstić information content (AvgIpc) is 2.27. The Kier molecular flexibility index (Phi) is 3.56. The fourth-order valence-electron chi connectivity index (χ4n) is 1.23. The van der Waals surface area contributed by atoms with E-state index in [2.05, 4.69) is 13.2 Å². The Hall–Kier alpha value is -1.70. The minimum absolute atomic E-state index is 0.837.